The Morgan fingerprint density at radius 2 is 2.40 bits per heavy atom. The minimum Gasteiger partial charge on any atom is -0.356 e. The Labute approximate surface area is 89.2 Å². The average Bonchev–Trinajstić information content (AvgIpc) is 2.64. The van der Waals surface area contributed by atoms with E-state index in [1.165, 1.54) is 6.20 Å². The quantitative estimate of drug-likeness (QED) is 0.579. The number of aromatic nitrogens is 1. The van der Waals surface area contributed by atoms with E-state index >= 15 is 0 Å². The van der Waals surface area contributed by atoms with Gasteiger partial charge in [0.05, 0.1) is 5.69 Å². The molecule has 0 aliphatic rings. The highest BCUT2D eigenvalue weighted by Crippen LogP contribution is 2.03. The van der Waals surface area contributed by atoms with Crippen molar-refractivity contribution in [3.8, 4) is 0 Å². The van der Waals surface area contributed by atoms with Gasteiger partial charge in [-0.3, -0.25) is 9.79 Å². The molecule has 1 rings (SSSR count). The molecule has 0 fully saturated rings. The van der Waals surface area contributed by atoms with Crippen molar-refractivity contribution in [1.29, 1.82) is 0 Å². The number of Topliss-reactive ketones (excluding diaryl/α,β-unsaturated/α-hetero) is 1. The maximum absolute atomic E-state index is 11.5. The lowest BCUT2D eigenvalue weighted by atomic mass is 10.2. The van der Waals surface area contributed by atoms with Crippen molar-refractivity contribution < 1.29 is 4.79 Å². The Kier molecular flexibility index (Phi) is 4.29. The fraction of sp³-hybridized carbons (Fsp3) is 0.167. The van der Waals surface area contributed by atoms with Crippen LogP contribution in [0.15, 0.2) is 42.1 Å². The Hall–Kier alpha value is -1.90. The van der Waals surface area contributed by atoms with Gasteiger partial charge in [-0.2, -0.15) is 0 Å². The van der Waals surface area contributed by atoms with E-state index in [1.54, 1.807) is 24.4 Å². The molecule has 1 heterocycles. The van der Waals surface area contributed by atoms with Crippen LogP contribution in [0.2, 0.25) is 0 Å². The average molecular weight is 202 g/mol. The third kappa shape index (κ3) is 3.77. The maximum atomic E-state index is 11.5. The number of rotatable bonds is 5. The van der Waals surface area contributed by atoms with Crippen molar-refractivity contribution in [2.75, 3.05) is 0 Å². The molecule has 0 aliphatic carbocycles. The highest BCUT2D eigenvalue weighted by Gasteiger charge is 2.04. The molecular formula is C12H14N2O. The standard InChI is InChI=1S/C12H14N2O/c1-3-13-9-5-4-6-12(15)11-8-7-10(2)14-11/h3-5,7-9,14H,1,6H2,2H3/b5-4+,13-9?. The highest BCUT2D eigenvalue weighted by atomic mass is 16.1. The molecule has 0 unspecified atom stereocenters. The fourth-order valence-corrected chi connectivity index (χ4v) is 1.12. The summed E-state index contributed by atoms with van der Waals surface area (Å²) in [6, 6.07) is 3.68. The van der Waals surface area contributed by atoms with Gasteiger partial charge in [0.1, 0.15) is 0 Å². The molecular weight excluding hydrogens is 188 g/mol. The third-order valence-corrected chi connectivity index (χ3v) is 1.85. The molecule has 0 atom stereocenters. The van der Waals surface area contributed by atoms with E-state index in [9.17, 15) is 4.79 Å². The Morgan fingerprint density at radius 3 is 3.00 bits per heavy atom. The zero-order chi connectivity index (χ0) is 11.1. The first kappa shape index (κ1) is 11.2. The number of hydrogen-bond acceptors (Lipinski definition) is 2. The van der Waals surface area contributed by atoms with Crippen molar-refractivity contribution in [3.05, 3.63) is 48.5 Å². The fourth-order valence-electron chi connectivity index (χ4n) is 1.12. The Bertz CT molecular complexity index is 400. The number of hydrogen-bond donors (Lipinski definition) is 1. The first-order chi connectivity index (χ1) is 7.24. The van der Waals surface area contributed by atoms with E-state index in [-0.39, 0.29) is 5.78 Å². The van der Waals surface area contributed by atoms with Gasteiger partial charge in [0.15, 0.2) is 5.78 Å². The van der Waals surface area contributed by atoms with E-state index in [0.29, 0.717) is 12.1 Å². The first-order valence-electron chi connectivity index (χ1n) is 4.72. The molecule has 15 heavy (non-hydrogen) atoms. The zero-order valence-corrected chi connectivity index (χ0v) is 8.73. The van der Waals surface area contributed by atoms with Crippen molar-refractivity contribution in [2.45, 2.75) is 13.3 Å². The number of aliphatic imine (C=N–C) groups is 1. The minimum absolute atomic E-state index is 0.0753. The SMILES string of the molecule is C=CN=C/C=C/CC(=O)c1ccc(C)[nH]1. The van der Waals surface area contributed by atoms with Crippen LogP contribution in [-0.4, -0.2) is 17.0 Å². The van der Waals surface area contributed by atoms with Crippen LogP contribution in [0.4, 0.5) is 0 Å². The van der Waals surface area contributed by atoms with Crippen LogP contribution in [0, 0.1) is 6.92 Å². The summed E-state index contributed by atoms with van der Waals surface area (Å²) in [5.74, 6) is 0.0753. The molecule has 0 bridgehead atoms. The van der Waals surface area contributed by atoms with Gasteiger partial charge in [0, 0.05) is 24.5 Å². The summed E-state index contributed by atoms with van der Waals surface area (Å²) in [5, 5.41) is 0. The van der Waals surface area contributed by atoms with E-state index in [2.05, 4.69) is 16.6 Å². The molecule has 78 valence electrons. The molecule has 0 saturated carbocycles. The molecule has 0 aliphatic heterocycles. The molecule has 1 aromatic heterocycles. The topological polar surface area (TPSA) is 45.2 Å². The summed E-state index contributed by atoms with van der Waals surface area (Å²) >= 11 is 0. The number of nitrogens with zero attached hydrogens (tertiary/aromatic N) is 1. The number of nitrogens with one attached hydrogen (secondary N) is 1. The molecule has 1 aromatic rings. The van der Waals surface area contributed by atoms with Gasteiger partial charge in [-0.25, -0.2) is 0 Å². The lowest BCUT2D eigenvalue weighted by Crippen LogP contribution is -1.97. The number of aromatic amines is 1. The van der Waals surface area contributed by atoms with Gasteiger partial charge in [0.25, 0.3) is 0 Å². The second kappa shape index (κ2) is 5.75. The van der Waals surface area contributed by atoms with Crippen molar-refractivity contribution in [2.24, 2.45) is 4.99 Å². The van der Waals surface area contributed by atoms with Gasteiger partial charge >= 0.3 is 0 Å². The maximum Gasteiger partial charge on any atom is 0.182 e. The van der Waals surface area contributed by atoms with E-state index in [1.807, 2.05) is 13.0 Å². The van der Waals surface area contributed by atoms with E-state index in [4.69, 9.17) is 0 Å². The van der Waals surface area contributed by atoms with Gasteiger partial charge in [0.2, 0.25) is 0 Å². The largest absolute Gasteiger partial charge is 0.356 e. The van der Waals surface area contributed by atoms with Crippen LogP contribution < -0.4 is 0 Å². The van der Waals surface area contributed by atoms with Crippen LogP contribution in [0.5, 0.6) is 0 Å². The number of H-pyrrole nitrogens is 1. The molecule has 0 spiro atoms. The summed E-state index contributed by atoms with van der Waals surface area (Å²) in [6.07, 6.45) is 6.92. The summed E-state index contributed by atoms with van der Waals surface area (Å²) in [4.78, 5) is 18.3. The molecule has 0 amide bonds. The zero-order valence-electron chi connectivity index (χ0n) is 8.73. The number of carbonyl (C=O) groups is 1. The van der Waals surface area contributed by atoms with Crippen LogP contribution in [-0.2, 0) is 0 Å². The van der Waals surface area contributed by atoms with Crippen LogP contribution in [0.3, 0.4) is 0 Å². The summed E-state index contributed by atoms with van der Waals surface area (Å²) in [7, 11) is 0. The smallest absolute Gasteiger partial charge is 0.182 e. The molecule has 0 radical (unpaired) electrons. The van der Waals surface area contributed by atoms with E-state index in [0.717, 1.165) is 5.69 Å². The van der Waals surface area contributed by atoms with Crippen molar-refractivity contribution >= 4 is 12.0 Å². The first-order valence-corrected chi connectivity index (χ1v) is 4.72. The van der Waals surface area contributed by atoms with Crippen LogP contribution in [0.1, 0.15) is 22.6 Å². The number of aryl methyl sites for hydroxylation is 1. The van der Waals surface area contributed by atoms with Crippen molar-refractivity contribution in [3.63, 3.8) is 0 Å². The second-order valence-electron chi connectivity index (χ2n) is 3.09. The van der Waals surface area contributed by atoms with Gasteiger partial charge in [-0.15, -0.1) is 0 Å². The summed E-state index contributed by atoms with van der Waals surface area (Å²) < 4.78 is 0. The number of ketones is 1. The van der Waals surface area contributed by atoms with E-state index < -0.39 is 0 Å². The van der Waals surface area contributed by atoms with Gasteiger partial charge < -0.3 is 4.98 Å². The molecule has 3 nitrogen and oxygen atoms in total. The van der Waals surface area contributed by atoms with Crippen LogP contribution in [0.25, 0.3) is 0 Å². The van der Waals surface area contributed by atoms with Crippen LogP contribution >= 0.6 is 0 Å². The summed E-state index contributed by atoms with van der Waals surface area (Å²) in [5.41, 5.74) is 1.65. The Balaban J connectivity index is 2.46. The second-order valence-corrected chi connectivity index (χ2v) is 3.09. The molecule has 0 saturated heterocycles. The van der Waals surface area contributed by atoms with Crippen molar-refractivity contribution in [1.82, 2.24) is 4.98 Å². The lowest BCUT2D eigenvalue weighted by Gasteiger charge is -1.91. The third-order valence-electron chi connectivity index (χ3n) is 1.85. The number of carbonyl (C=O) groups excluding carboxylic acids is 1. The van der Waals surface area contributed by atoms with Gasteiger partial charge in [-0.1, -0.05) is 12.7 Å². The summed E-state index contributed by atoms with van der Waals surface area (Å²) in [6.45, 7) is 5.36. The lowest BCUT2D eigenvalue weighted by molar-refractivity contribution is 0.0991. The molecule has 3 heteroatoms. The Morgan fingerprint density at radius 1 is 1.60 bits per heavy atom. The monoisotopic (exact) mass is 202 g/mol. The predicted octanol–water partition coefficient (Wildman–Crippen LogP) is 2.67. The van der Waals surface area contributed by atoms with Gasteiger partial charge in [-0.05, 0) is 25.1 Å². The number of allylic oxidation sites excluding steroid dienone is 2. The predicted molar refractivity (Wildman–Crippen MR) is 62.3 cm³/mol. The molecule has 0 aromatic carbocycles. The minimum atomic E-state index is 0.0753. The highest BCUT2D eigenvalue weighted by molar-refractivity contribution is 5.95. The normalized spacial score (nSPS) is 11.3. The molecule has 1 N–H and O–H groups in total.